The summed E-state index contributed by atoms with van der Waals surface area (Å²) in [6, 6.07) is 0. The summed E-state index contributed by atoms with van der Waals surface area (Å²) in [7, 11) is 0. The lowest BCUT2D eigenvalue weighted by atomic mass is 10.1. The van der Waals surface area contributed by atoms with Gasteiger partial charge in [0.25, 0.3) is 0 Å². The molecule has 1 fully saturated rings. The van der Waals surface area contributed by atoms with Gasteiger partial charge in [0.05, 0.1) is 11.7 Å². The molecule has 0 aromatic heterocycles. The van der Waals surface area contributed by atoms with Crippen molar-refractivity contribution in [3.05, 3.63) is 5.08 Å². The second-order valence-corrected chi connectivity index (χ2v) is 6.20. The molecule has 4 heteroatoms. The third-order valence-corrected chi connectivity index (χ3v) is 4.50. The van der Waals surface area contributed by atoms with Crippen molar-refractivity contribution >= 4 is 29.5 Å². The second kappa shape index (κ2) is 5.91. The van der Waals surface area contributed by atoms with E-state index in [1.165, 1.54) is 0 Å². The first-order valence-electron chi connectivity index (χ1n) is 4.97. The predicted molar refractivity (Wildman–Crippen MR) is 63.2 cm³/mol. The molecule has 0 aromatic rings. The summed E-state index contributed by atoms with van der Waals surface area (Å²) in [4.78, 5) is 11.7. The highest BCUT2D eigenvalue weighted by molar-refractivity contribution is 8.20. The number of hydrogen-bond acceptors (Lipinski definition) is 4. The fourth-order valence-corrected chi connectivity index (χ4v) is 3.65. The van der Waals surface area contributed by atoms with E-state index in [-0.39, 0.29) is 10.7 Å². The minimum absolute atomic E-state index is 0.0486. The Morgan fingerprint density at radius 3 is 3.00 bits per heavy atom. The Kier molecular flexibility index (Phi) is 5.17. The fourth-order valence-electron chi connectivity index (χ4n) is 1.11. The number of ether oxygens (including phenoxy) is 1. The summed E-state index contributed by atoms with van der Waals surface area (Å²) in [5, 5.41) is 2.05. The van der Waals surface area contributed by atoms with Gasteiger partial charge >= 0.3 is 5.97 Å². The van der Waals surface area contributed by atoms with Crippen molar-refractivity contribution in [2.24, 2.45) is 0 Å². The van der Waals surface area contributed by atoms with E-state index in [1.54, 1.807) is 23.5 Å². The molecule has 1 atom stereocenters. The third-order valence-electron chi connectivity index (χ3n) is 2.24. The molecule has 0 bridgehead atoms. The number of thioether (sulfide) groups is 2. The van der Waals surface area contributed by atoms with Crippen molar-refractivity contribution in [2.45, 2.75) is 37.9 Å². The highest BCUT2D eigenvalue weighted by Gasteiger charge is 2.37. The molecule has 2 nitrogen and oxygen atoms in total. The highest BCUT2D eigenvalue weighted by Crippen LogP contribution is 2.41. The molecule has 1 unspecified atom stereocenters. The fraction of sp³-hybridized carbons (Fsp3) is 0.800. The van der Waals surface area contributed by atoms with E-state index in [9.17, 15) is 4.79 Å². The number of carbonyl (C=O) groups is 1. The highest BCUT2D eigenvalue weighted by atomic mass is 32.2. The number of esters is 1. The largest absolute Gasteiger partial charge is 0.465 e. The van der Waals surface area contributed by atoms with Gasteiger partial charge in [0, 0.05) is 0 Å². The van der Waals surface area contributed by atoms with E-state index in [0.29, 0.717) is 6.61 Å². The standard InChI is InChI=1S/C10H17O2S2/c1-3-4-6-12-9(11)10(2)5-7-13-8-14-10/h8H,3-7H2,1-2H3. The predicted octanol–water partition coefficient (Wildman–Crippen LogP) is 3.08. The molecule has 1 saturated heterocycles. The van der Waals surface area contributed by atoms with Crippen LogP contribution in [0, 0.1) is 5.08 Å². The zero-order valence-electron chi connectivity index (χ0n) is 8.75. The summed E-state index contributed by atoms with van der Waals surface area (Å²) >= 11 is 3.37. The van der Waals surface area contributed by atoms with Crippen LogP contribution in [-0.2, 0) is 9.53 Å². The Balaban J connectivity index is 2.33. The quantitative estimate of drug-likeness (QED) is 0.550. The molecule has 1 radical (unpaired) electrons. The van der Waals surface area contributed by atoms with Gasteiger partial charge in [0.15, 0.2) is 0 Å². The average Bonchev–Trinajstić information content (AvgIpc) is 2.19. The van der Waals surface area contributed by atoms with E-state index < -0.39 is 0 Å². The zero-order chi connectivity index (χ0) is 10.4. The van der Waals surface area contributed by atoms with Crippen LogP contribution in [0.4, 0.5) is 0 Å². The van der Waals surface area contributed by atoms with Gasteiger partial charge in [-0.3, -0.25) is 4.79 Å². The molecule has 1 aliphatic rings. The molecule has 0 aromatic carbocycles. The van der Waals surface area contributed by atoms with Gasteiger partial charge in [0.2, 0.25) is 0 Å². The Hall–Kier alpha value is 0.170. The Morgan fingerprint density at radius 1 is 1.64 bits per heavy atom. The second-order valence-electron chi connectivity index (χ2n) is 3.56. The number of hydrogen-bond donors (Lipinski definition) is 0. The van der Waals surface area contributed by atoms with E-state index >= 15 is 0 Å². The maximum absolute atomic E-state index is 11.7. The number of rotatable bonds is 4. The van der Waals surface area contributed by atoms with E-state index in [0.717, 1.165) is 25.0 Å². The molecule has 1 heterocycles. The van der Waals surface area contributed by atoms with Crippen molar-refractivity contribution in [1.29, 1.82) is 0 Å². The first-order chi connectivity index (χ1) is 6.69. The summed E-state index contributed by atoms with van der Waals surface area (Å²) in [6.07, 6.45) is 2.94. The molecule has 1 rings (SSSR count). The molecule has 0 saturated carbocycles. The van der Waals surface area contributed by atoms with Crippen LogP contribution in [0.25, 0.3) is 0 Å². The van der Waals surface area contributed by atoms with Crippen molar-refractivity contribution in [2.75, 3.05) is 12.4 Å². The van der Waals surface area contributed by atoms with Crippen molar-refractivity contribution in [3.63, 3.8) is 0 Å². The molecule has 0 aliphatic carbocycles. The van der Waals surface area contributed by atoms with Crippen molar-refractivity contribution in [1.82, 2.24) is 0 Å². The van der Waals surface area contributed by atoms with Gasteiger partial charge in [-0.25, -0.2) is 0 Å². The third kappa shape index (κ3) is 3.39. The Bertz CT molecular complexity index is 189. The molecule has 0 amide bonds. The number of carbonyl (C=O) groups excluding carboxylic acids is 1. The first kappa shape index (κ1) is 12.2. The Labute approximate surface area is 94.5 Å². The van der Waals surface area contributed by atoms with Crippen LogP contribution >= 0.6 is 23.5 Å². The van der Waals surface area contributed by atoms with Crippen LogP contribution in [0.2, 0.25) is 0 Å². The smallest absolute Gasteiger partial charge is 0.321 e. The number of unbranched alkanes of at least 4 members (excludes halogenated alkanes) is 1. The lowest BCUT2D eigenvalue weighted by molar-refractivity contribution is -0.146. The molecular weight excluding hydrogens is 216 g/mol. The van der Waals surface area contributed by atoms with E-state index in [4.69, 9.17) is 4.74 Å². The lowest BCUT2D eigenvalue weighted by Crippen LogP contribution is -2.35. The van der Waals surface area contributed by atoms with Crippen LogP contribution in [-0.4, -0.2) is 23.1 Å². The summed E-state index contributed by atoms with van der Waals surface area (Å²) in [6.45, 7) is 4.64. The van der Waals surface area contributed by atoms with Crippen LogP contribution in [0.15, 0.2) is 0 Å². The minimum Gasteiger partial charge on any atom is -0.465 e. The van der Waals surface area contributed by atoms with Gasteiger partial charge in [-0.2, -0.15) is 0 Å². The van der Waals surface area contributed by atoms with Crippen LogP contribution in [0.3, 0.4) is 0 Å². The van der Waals surface area contributed by atoms with Crippen LogP contribution < -0.4 is 0 Å². The SMILES string of the molecule is CCCCOC(=O)C1(C)CCS[CH]S1. The monoisotopic (exact) mass is 233 g/mol. The van der Waals surface area contributed by atoms with Crippen molar-refractivity contribution < 1.29 is 9.53 Å². The van der Waals surface area contributed by atoms with E-state index in [2.05, 4.69) is 6.92 Å². The van der Waals surface area contributed by atoms with Gasteiger partial charge in [-0.05, 0) is 25.5 Å². The van der Waals surface area contributed by atoms with Gasteiger partial charge in [0.1, 0.15) is 4.75 Å². The normalized spacial score (nSPS) is 27.3. The molecule has 81 valence electrons. The van der Waals surface area contributed by atoms with Crippen molar-refractivity contribution in [3.8, 4) is 0 Å². The zero-order valence-corrected chi connectivity index (χ0v) is 10.4. The maximum atomic E-state index is 11.7. The van der Waals surface area contributed by atoms with Gasteiger partial charge < -0.3 is 4.74 Å². The molecule has 14 heavy (non-hydrogen) atoms. The molecular formula is C10H17O2S2. The Morgan fingerprint density at radius 2 is 2.43 bits per heavy atom. The minimum atomic E-state index is -0.334. The molecule has 0 N–H and O–H groups in total. The first-order valence-corrected chi connectivity index (χ1v) is 6.90. The van der Waals surface area contributed by atoms with Crippen LogP contribution in [0.1, 0.15) is 33.1 Å². The van der Waals surface area contributed by atoms with E-state index in [1.807, 2.05) is 12.0 Å². The summed E-state index contributed by atoms with van der Waals surface area (Å²) in [5.41, 5.74) is 0. The van der Waals surface area contributed by atoms with Gasteiger partial charge in [-0.15, -0.1) is 23.5 Å². The van der Waals surface area contributed by atoms with Gasteiger partial charge in [-0.1, -0.05) is 13.3 Å². The van der Waals surface area contributed by atoms with Crippen LogP contribution in [0.5, 0.6) is 0 Å². The maximum Gasteiger partial charge on any atom is 0.321 e. The topological polar surface area (TPSA) is 26.3 Å². The summed E-state index contributed by atoms with van der Waals surface area (Å²) in [5.74, 6) is 0.972. The summed E-state index contributed by atoms with van der Waals surface area (Å²) < 4.78 is 4.90. The molecule has 0 spiro atoms. The average molecular weight is 233 g/mol. The molecule has 1 aliphatic heterocycles. The lowest BCUT2D eigenvalue weighted by Gasteiger charge is -2.29.